The van der Waals surface area contributed by atoms with Crippen molar-refractivity contribution in [1.82, 2.24) is 9.97 Å². The monoisotopic (exact) mass is 177 g/mol. The molecule has 2 rings (SSSR count). The van der Waals surface area contributed by atoms with E-state index in [1.54, 1.807) is 0 Å². The van der Waals surface area contributed by atoms with Gasteiger partial charge < -0.3 is 5.32 Å². The summed E-state index contributed by atoms with van der Waals surface area (Å²) in [6.07, 6.45) is 4.34. The van der Waals surface area contributed by atoms with Crippen LogP contribution in [0.1, 0.15) is 38.3 Å². The van der Waals surface area contributed by atoms with Gasteiger partial charge in [0, 0.05) is 17.9 Å². The topological polar surface area (TPSA) is 37.8 Å². The minimum Gasteiger partial charge on any atom is -0.351 e. The molecule has 0 unspecified atom stereocenters. The van der Waals surface area contributed by atoms with Gasteiger partial charge in [0.15, 0.2) is 0 Å². The molecule has 0 radical (unpaired) electrons. The van der Waals surface area contributed by atoms with Gasteiger partial charge in [0.2, 0.25) is 5.95 Å². The van der Waals surface area contributed by atoms with Gasteiger partial charge in [-0.25, -0.2) is 9.97 Å². The summed E-state index contributed by atoms with van der Waals surface area (Å²) in [6, 6.07) is 2.60. The summed E-state index contributed by atoms with van der Waals surface area (Å²) in [5.74, 6) is 1.26. The fourth-order valence-corrected chi connectivity index (χ4v) is 1.17. The van der Waals surface area contributed by atoms with E-state index in [9.17, 15) is 0 Å². The highest BCUT2D eigenvalue weighted by Gasteiger charge is 2.21. The van der Waals surface area contributed by atoms with Gasteiger partial charge in [-0.05, 0) is 24.8 Å². The van der Waals surface area contributed by atoms with Gasteiger partial charge >= 0.3 is 0 Å². The molecule has 1 aromatic heterocycles. The molecule has 70 valence electrons. The zero-order valence-electron chi connectivity index (χ0n) is 8.12. The van der Waals surface area contributed by atoms with Gasteiger partial charge in [0.05, 0.1) is 0 Å². The predicted molar refractivity (Wildman–Crippen MR) is 52.8 cm³/mol. The normalized spacial score (nSPS) is 16.2. The van der Waals surface area contributed by atoms with E-state index in [2.05, 4.69) is 29.1 Å². The van der Waals surface area contributed by atoms with E-state index < -0.39 is 0 Å². The molecular weight excluding hydrogens is 162 g/mol. The largest absolute Gasteiger partial charge is 0.351 e. The van der Waals surface area contributed by atoms with E-state index in [1.807, 2.05) is 12.3 Å². The molecule has 1 aliphatic carbocycles. The molecule has 1 aliphatic rings. The molecule has 0 bridgehead atoms. The van der Waals surface area contributed by atoms with Crippen molar-refractivity contribution < 1.29 is 0 Å². The second-order valence-electron chi connectivity index (χ2n) is 3.88. The summed E-state index contributed by atoms with van der Waals surface area (Å²) in [6.45, 7) is 4.28. The number of hydrogen-bond donors (Lipinski definition) is 1. The maximum atomic E-state index is 4.43. The molecular formula is C10H15N3. The fourth-order valence-electron chi connectivity index (χ4n) is 1.17. The highest BCUT2D eigenvalue weighted by Crippen LogP contribution is 2.23. The molecule has 0 aromatic carbocycles. The number of nitrogens with zero attached hydrogens (tertiary/aromatic N) is 2. The number of hydrogen-bond acceptors (Lipinski definition) is 3. The maximum absolute atomic E-state index is 4.43. The van der Waals surface area contributed by atoms with Gasteiger partial charge in [0.25, 0.3) is 0 Å². The van der Waals surface area contributed by atoms with E-state index >= 15 is 0 Å². The summed E-state index contributed by atoms with van der Waals surface area (Å²) >= 11 is 0. The maximum Gasteiger partial charge on any atom is 0.223 e. The molecule has 1 saturated carbocycles. The summed E-state index contributed by atoms with van der Waals surface area (Å²) in [5, 5.41) is 3.29. The molecule has 1 aromatic rings. The lowest BCUT2D eigenvalue weighted by Gasteiger charge is -2.06. The standard InChI is InChI=1S/C10H15N3/c1-7(2)9-5-6-11-10(13-9)12-8-3-4-8/h5-8H,3-4H2,1-2H3,(H,11,12,13). The van der Waals surface area contributed by atoms with Crippen LogP contribution < -0.4 is 5.32 Å². The Bertz CT molecular complexity index is 292. The van der Waals surface area contributed by atoms with Crippen molar-refractivity contribution in [3.05, 3.63) is 18.0 Å². The van der Waals surface area contributed by atoms with E-state index in [0.717, 1.165) is 11.6 Å². The first kappa shape index (κ1) is 8.48. The van der Waals surface area contributed by atoms with Gasteiger partial charge in [-0.15, -0.1) is 0 Å². The van der Waals surface area contributed by atoms with Crippen LogP contribution in [0.3, 0.4) is 0 Å². The highest BCUT2D eigenvalue weighted by atomic mass is 15.1. The Hall–Kier alpha value is -1.12. The minimum atomic E-state index is 0.475. The minimum absolute atomic E-state index is 0.475. The second kappa shape index (κ2) is 3.32. The quantitative estimate of drug-likeness (QED) is 0.769. The lowest BCUT2D eigenvalue weighted by molar-refractivity contribution is 0.813. The van der Waals surface area contributed by atoms with Crippen LogP contribution in [0.25, 0.3) is 0 Å². The smallest absolute Gasteiger partial charge is 0.223 e. The van der Waals surface area contributed by atoms with Crippen LogP contribution in [0.2, 0.25) is 0 Å². The molecule has 1 heterocycles. The average molecular weight is 177 g/mol. The summed E-state index contributed by atoms with van der Waals surface area (Å²) in [5.41, 5.74) is 1.11. The van der Waals surface area contributed by atoms with Crippen LogP contribution >= 0.6 is 0 Å². The van der Waals surface area contributed by atoms with Crippen molar-refractivity contribution in [2.75, 3.05) is 5.32 Å². The Balaban J connectivity index is 2.11. The predicted octanol–water partition coefficient (Wildman–Crippen LogP) is 2.17. The molecule has 0 spiro atoms. The SMILES string of the molecule is CC(C)c1ccnc(NC2CC2)n1. The molecule has 0 amide bonds. The van der Waals surface area contributed by atoms with Crippen LogP contribution in [-0.2, 0) is 0 Å². The number of nitrogens with one attached hydrogen (secondary N) is 1. The first-order chi connectivity index (χ1) is 6.25. The van der Waals surface area contributed by atoms with Crippen molar-refractivity contribution in [1.29, 1.82) is 0 Å². The molecule has 0 aliphatic heterocycles. The third kappa shape index (κ3) is 2.17. The van der Waals surface area contributed by atoms with Crippen molar-refractivity contribution in [3.63, 3.8) is 0 Å². The summed E-state index contributed by atoms with van der Waals surface area (Å²) in [7, 11) is 0. The summed E-state index contributed by atoms with van der Waals surface area (Å²) < 4.78 is 0. The van der Waals surface area contributed by atoms with Crippen LogP contribution in [-0.4, -0.2) is 16.0 Å². The van der Waals surface area contributed by atoms with E-state index in [4.69, 9.17) is 0 Å². The molecule has 3 nitrogen and oxygen atoms in total. The van der Waals surface area contributed by atoms with E-state index in [-0.39, 0.29) is 0 Å². The highest BCUT2D eigenvalue weighted by molar-refractivity contribution is 5.29. The molecule has 0 atom stereocenters. The molecule has 0 saturated heterocycles. The lowest BCUT2D eigenvalue weighted by Crippen LogP contribution is -2.06. The first-order valence-electron chi connectivity index (χ1n) is 4.85. The Morgan fingerprint density at radius 2 is 2.23 bits per heavy atom. The molecule has 13 heavy (non-hydrogen) atoms. The van der Waals surface area contributed by atoms with Crippen molar-refractivity contribution in [3.8, 4) is 0 Å². The van der Waals surface area contributed by atoms with Crippen LogP contribution in [0, 0.1) is 0 Å². The van der Waals surface area contributed by atoms with Crippen molar-refractivity contribution >= 4 is 5.95 Å². The van der Waals surface area contributed by atoms with E-state index in [1.165, 1.54) is 12.8 Å². The zero-order valence-corrected chi connectivity index (χ0v) is 8.12. The molecule has 3 heteroatoms. The third-order valence-corrected chi connectivity index (χ3v) is 2.18. The number of anilines is 1. The van der Waals surface area contributed by atoms with E-state index in [0.29, 0.717) is 12.0 Å². The van der Waals surface area contributed by atoms with Gasteiger partial charge in [-0.3, -0.25) is 0 Å². The van der Waals surface area contributed by atoms with Crippen LogP contribution in [0.15, 0.2) is 12.3 Å². The lowest BCUT2D eigenvalue weighted by atomic mass is 10.1. The Morgan fingerprint density at radius 1 is 1.46 bits per heavy atom. The van der Waals surface area contributed by atoms with Crippen molar-refractivity contribution in [2.24, 2.45) is 0 Å². The second-order valence-corrected chi connectivity index (χ2v) is 3.88. The van der Waals surface area contributed by atoms with Crippen molar-refractivity contribution in [2.45, 2.75) is 38.6 Å². The van der Waals surface area contributed by atoms with Gasteiger partial charge in [-0.2, -0.15) is 0 Å². The van der Waals surface area contributed by atoms with Crippen LogP contribution in [0.4, 0.5) is 5.95 Å². The average Bonchev–Trinajstić information content (AvgIpc) is 2.89. The zero-order chi connectivity index (χ0) is 9.26. The number of rotatable bonds is 3. The van der Waals surface area contributed by atoms with Crippen LogP contribution in [0.5, 0.6) is 0 Å². The summed E-state index contributed by atoms with van der Waals surface area (Å²) in [4.78, 5) is 8.61. The first-order valence-corrected chi connectivity index (χ1v) is 4.85. The third-order valence-electron chi connectivity index (χ3n) is 2.18. The van der Waals surface area contributed by atoms with Gasteiger partial charge in [-0.1, -0.05) is 13.8 Å². The fraction of sp³-hybridized carbons (Fsp3) is 0.600. The Morgan fingerprint density at radius 3 is 2.85 bits per heavy atom. The molecule has 1 fully saturated rings. The van der Waals surface area contributed by atoms with Gasteiger partial charge in [0.1, 0.15) is 0 Å². The Kier molecular flexibility index (Phi) is 2.17. The Labute approximate surface area is 78.6 Å². The number of aromatic nitrogens is 2. The molecule has 1 N–H and O–H groups in total.